The van der Waals surface area contributed by atoms with Gasteiger partial charge in [-0.3, -0.25) is 24.0 Å². The van der Waals surface area contributed by atoms with E-state index in [2.05, 4.69) is 16.9 Å². The number of benzene rings is 1. The van der Waals surface area contributed by atoms with Gasteiger partial charge in [-0.15, -0.1) is 0 Å². The van der Waals surface area contributed by atoms with Crippen LogP contribution in [-0.4, -0.2) is 103 Å². The number of hydrogen-bond donors (Lipinski definition) is 1. The van der Waals surface area contributed by atoms with Gasteiger partial charge in [0.2, 0.25) is 17.7 Å². The normalized spacial score (nSPS) is 18.9. The Hall–Kier alpha value is -4.48. The van der Waals surface area contributed by atoms with Crippen LogP contribution in [0.2, 0.25) is 0 Å². The Balaban J connectivity index is 1.20. The number of hydrogen-bond acceptors (Lipinski definition) is 9. The summed E-state index contributed by atoms with van der Waals surface area (Å²) in [6.45, 7) is 6.84. The largest absolute Gasteiger partial charge is 0.496 e. The summed E-state index contributed by atoms with van der Waals surface area (Å²) in [6.07, 6.45) is 4.53. The van der Waals surface area contributed by atoms with Crippen molar-refractivity contribution in [1.82, 2.24) is 20.0 Å². The summed E-state index contributed by atoms with van der Waals surface area (Å²) in [5.41, 5.74) is 4.15. The number of ketones is 2. The maximum Gasteiger partial charge on any atom is 0.242 e. The molecule has 1 aromatic carbocycles. The van der Waals surface area contributed by atoms with E-state index >= 15 is 0 Å². The minimum absolute atomic E-state index is 0.0753. The molecular formula is C33H43N5O7. The Labute approximate surface area is 264 Å². The van der Waals surface area contributed by atoms with E-state index in [0.717, 1.165) is 28.2 Å². The highest BCUT2D eigenvalue weighted by Gasteiger charge is 2.37. The molecule has 0 radical (unpaired) electrons. The lowest BCUT2D eigenvalue weighted by atomic mass is 9.91. The molecule has 1 N–H and O–H groups in total. The second kappa shape index (κ2) is 15.0. The van der Waals surface area contributed by atoms with Gasteiger partial charge >= 0.3 is 0 Å². The van der Waals surface area contributed by atoms with Crippen molar-refractivity contribution in [2.45, 2.75) is 64.3 Å². The van der Waals surface area contributed by atoms with Crippen molar-refractivity contribution in [2.75, 3.05) is 47.4 Å². The van der Waals surface area contributed by atoms with Crippen molar-refractivity contribution >= 4 is 40.7 Å². The number of carbonyl (C=O) groups excluding carboxylic acids is 5. The summed E-state index contributed by atoms with van der Waals surface area (Å²) in [5, 5.41) is 2.87. The molecule has 3 amide bonds. The molecule has 1 unspecified atom stereocenters. The molecule has 1 saturated carbocycles. The third-order valence-electron chi connectivity index (χ3n) is 8.50. The molecule has 0 aromatic heterocycles. The number of methoxy groups -OCH3 is 2. The minimum Gasteiger partial charge on any atom is -0.496 e. The molecule has 0 spiro atoms. The number of amides is 3. The second-order valence-corrected chi connectivity index (χ2v) is 11.6. The first kappa shape index (κ1) is 33.4. The molecule has 1 aromatic rings. The van der Waals surface area contributed by atoms with Crippen LogP contribution in [0.1, 0.15) is 63.0 Å². The lowest BCUT2D eigenvalue weighted by molar-refractivity contribution is -0.151. The van der Waals surface area contributed by atoms with Crippen molar-refractivity contribution in [3.05, 3.63) is 41.7 Å². The van der Waals surface area contributed by atoms with E-state index in [1.165, 1.54) is 9.80 Å². The number of rotatable bonds is 12. The minimum atomic E-state index is -0.564. The van der Waals surface area contributed by atoms with E-state index in [1.807, 2.05) is 37.2 Å². The average molecular weight is 622 g/mol. The zero-order chi connectivity index (χ0) is 32.7. The molecule has 1 aliphatic carbocycles. The first-order valence-corrected chi connectivity index (χ1v) is 15.3. The number of piperazine rings is 1. The molecule has 2 fully saturated rings. The molecule has 4 rings (SSSR count). The predicted molar refractivity (Wildman–Crippen MR) is 169 cm³/mol. The fraction of sp³-hybridized carbons (Fsp3) is 0.515. The maximum atomic E-state index is 12.7. The molecule has 3 aliphatic rings. The SMILES string of the molecule is C=C1C(C)=NC(c2cc(OC)c(CCCC(=O)NCCCC(=O)N3CCN(C4CCC(=O)CC4=O)C(=O)C3)c(OC)c2)=CN1C. The van der Waals surface area contributed by atoms with Gasteiger partial charge in [-0.25, -0.2) is 4.99 Å². The van der Waals surface area contributed by atoms with Crippen LogP contribution < -0.4 is 14.8 Å². The highest BCUT2D eigenvalue weighted by atomic mass is 16.5. The van der Waals surface area contributed by atoms with Crippen LogP contribution >= 0.6 is 0 Å². The zero-order valence-electron chi connectivity index (χ0n) is 26.6. The van der Waals surface area contributed by atoms with Gasteiger partial charge in [-0.2, -0.15) is 0 Å². The zero-order valence-corrected chi connectivity index (χ0v) is 26.6. The number of ether oxygens (including phenoxy) is 2. The van der Waals surface area contributed by atoms with Gasteiger partial charge in [-0.05, 0) is 44.7 Å². The van der Waals surface area contributed by atoms with Gasteiger partial charge in [0.15, 0.2) is 5.78 Å². The molecule has 242 valence electrons. The van der Waals surface area contributed by atoms with Gasteiger partial charge in [0.25, 0.3) is 0 Å². The Bertz CT molecular complexity index is 1410. The molecule has 0 bridgehead atoms. The Morgan fingerprint density at radius 1 is 1.07 bits per heavy atom. The van der Waals surface area contributed by atoms with Gasteiger partial charge in [0, 0.05) is 63.3 Å². The van der Waals surface area contributed by atoms with Crippen LogP contribution in [0.4, 0.5) is 0 Å². The Kier molecular flexibility index (Phi) is 11.1. The standard InChI is InChI=1S/C33H43N5O7/c1-21-22(2)36(3)19-26(35-21)23-16-29(44-4)25(30(17-23)45-5)8-6-9-31(41)34-13-7-10-32(42)37-14-15-38(33(43)20-37)27-12-11-24(39)18-28(27)40/h16-17,19,27H,2,6-15,18,20H2,1,3-5H3,(H,34,41). The average Bonchev–Trinajstić information content (AvgIpc) is 3.01. The van der Waals surface area contributed by atoms with Crippen molar-refractivity contribution in [3.63, 3.8) is 0 Å². The highest BCUT2D eigenvalue weighted by molar-refractivity contribution is 6.05. The number of Topliss-reactive ketones (excluding diaryl/α,β-unsaturated/α-hetero) is 2. The van der Waals surface area contributed by atoms with E-state index in [4.69, 9.17) is 9.47 Å². The first-order valence-electron chi connectivity index (χ1n) is 15.3. The maximum absolute atomic E-state index is 12.7. The third-order valence-corrected chi connectivity index (χ3v) is 8.50. The van der Waals surface area contributed by atoms with Crippen LogP contribution in [0, 0.1) is 0 Å². The van der Waals surface area contributed by atoms with Gasteiger partial charge in [-0.1, -0.05) is 6.58 Å². The number of allylic oxidation sites excluding steroid dienone is 1. The summed E-state index contributed by atoms with van der Waals surface area (Å²) in [6, 6.07) is 3.28. The van der Waals surface area contributed by atoms with Crippen molar-refractivity contribution in [3.8, 4) is 11.5 Å². The van der Waals surface area contributed by atoms with Crippen LogP contribution in [0.25, 0.3) is 5.70 Å². The smallest absolute Gasteiger partial charge is 0.242 e. The van der Waals surface area contributed by atoms with Gasteiger partial charge in [0.05, 0.1) is 50.3 Å². The summed E-state index contributed by atoms with van der Waals surface area (Å²) < 4.78 is 11.4. The lowest BCUT2D eigenvalue weighted by Crippen LogP contribution is -2.58. The van der Waals surface area contributed by atoms with Crippen LogP contribution in [-0.2, 0) is 30.4 Å². The number of nitrogens with one attached hydrogen (secondary N) is 1. The molecule has 2 aliphatic heterocycles. The molecule has 2 heterocycles. The predicted octanol–water partition coefficient (Wildman–Crippen LogP) is 2.50. The third kappa shape index (κ3) is 8.17. The van der Waals surface area contributed by atoms with Crippen molar-refractivity contribution < 1.29 is 33.4 Å². The fourth-order valence-electron chi connectivity index (χ4n) is 5.87. The van der Waals surface area contributed by atoms with Crippen LogP contribution in [0.3, 0.4) is 0 Å². The molecule has 45 heavy (non-hydrogen) atoms. The Morgan fingerprint density at radius 2 is 1.78 bits per heavy atom. The summed E-state index contributed by atoms with van der Waals surface area (Å²) in [5.74, 6) is 0.460. The summed E-state index contributed by atoms with van der Waals surface area (Å²) >= 11 is 0. The van der Waals surface area contributed by atoms with E-state index in [-0.39, 0.29) is 55.2 Å². The Morgan fingerprint density at radius 3 is 2.40 bits per heavy atom. The number of carbonyl (C=O) groups is 5. The van der Waals surface area contributed by atoms with Crippen LogP contribution in [0.5, 0.6) is 11.5 Å². The van der Waals surface area contributed by atoms with Crippen molar-refractivity contribution in [2.24, 2.45) is 4.99 Å². The van der Waals surface area contributed by atoms with E-state index < -0.39 is 6.04 Å². The van der Waals surface area contributed by atoms with E-state index in [0.29, 0.717) is 63.1 Å². The summed E-state index contributed by atoms with van der Waals surface area (Å²) in [4.78, 5) is 71.2. The summed E-state index contributed by atoms with van der Waals surface area (Å²) in [7, 11) is 5.13. The quantitative estimate of drug-likeness (QED) is 0.278. The molecular weight excluding hydrogens is 578 g/mol. The van der Waals surface area contributed by atoms with E-state index in [9.17, 15) is 24.0 Å². The first-order chi connectivity index (χ1) is 21.5. The fourth-order valence-corrected chi connectivity index (χ4v) is 5.87. The molecule has 12 nitrogen and oxygen atoms in total. The highest BCUT2D eigenvalue weighted by Crippen LogP contribution is 2.36. The van der Waals surface area contributed by atoms with E-state index in [1.54, 1.807) is 14.2 Å². The monoisotopic (exact) mass is 621 g/mol. The molecule has 12 heteroatoms. The lowest BCUT2D eigenvalue weighted by Gasteiger charge is -2.39. The van der Waals surface area contributed by atoms with Crippen LogP contribution in [0.15, 0.2) is 35.6 Å². The van der Waals surface area contributed by atoms with Gasteiger partial charge in [0.1, 0.15) is 17.3 Å². The molecule has 1 saturated heterocycles. The van der Waals surface area contributed by atoms with Gasteiger partial charge < -0.3 is 29.5 Å². The second-order valence-electron chi connectivity index (χ2n) is 11.6. The molecule has 1 atom stereocenters. The topological polar surface area (TPSA) is 138 Å². The number of nitrogens with zero attached hydrogens (tertiary/aromatic N) is 4. The number of aliphatic imine (C=N–C) groups is 1. The van der Waals surface area contributed by atoms with Crippen molar-refractivity contribution in [1.29, 1.82) is 0 Å².